The summed E-state index contributed by atoms with van der Waals surface area (Å²) >= 11 is 1.63. The normalized spacial score (nSPS) is 15.3. The minimum absolute atomic E-state index is 0.127. The van der Waals surface area contributed by atoms with Crippen LogP contribution in [0.5, 0.6) is 0 Å². The van der Waals surface area contributed by atoms with Crippen molar-refractivity contribution in [3.05, 3.63) is 44.6 Å². The Bertz CT molecular complexity index is 908. The summed E-state index contributed by atoms with van der Waals surface area (Å²) in [4.78, 5) is 26.7. The fraction of sp³-hybridized carbons (Fsp3) is 0.357. The number of H-pyrrole nitrogens is 1. The molecular weight excluding hydrogens is 300 g/mol. The Labute approximate surface area is 130 Å². The molecule has 0 atom stereocenters. The van der Waals surface area contributed by atoms with Gasteiger partial charge in [0.05, 0.1) is 22.6 Å². The zero-order valence-electron chi connectivity index (χ0n) is 12.2. The molecule has 8 heteroatoms. The van der Waals surface area contributed by atoms with Gasteiger partial charge >= 0.3 is 0 Å². The van der Waals surface area contributed by atoms with Crippen molar-refractivity contribution in [2.24, 2.45) is 0 Å². The predicted octanol–water partition coefficient (Wildman–Crippen LogP) is 0.928. The number of aryl methyl sites for hydroxylation is 1. The van der Waals surface area contributed by atoms with Crippen LogP contribution in [0.4, 0.5) is 5.95 Å². The van der Waals surface area contributed by atoms with Gasteiger partial charge in [-0.1, -0.05) is 0 Å². The monoisotopic (exact) mass is 316 g/mol. The lowest BCUT2D eigenvalue weighted by Gasteiger charge is -2.27. The van der Waals surface area contributed by atoms with E-state index in [1.165, 1.54) is 5.69 Å². The quantitative estimate of drug-likeness (QED) is 0.734. The van der Waals surface area contributed by atoms with Gasteiger partial charge in [0, 0.05) is 37.6 Å². The first-order chi connectivity index (χ1) is 10.6. The largest absolute Gasteiger partial charge is 0.369 e. The maximum absolute atomic E-state index is 12.1. The van der Waals surface area contributed by atoms with Crippen molar-refractivity contribution in [3.63, 3.8) is 0 Å². The molecule has 114 valence electrons. The second kappa shape index (κ2) is 4.92. The van der Waals surface area contributed by atoms with E-state index in [9.17, 15) is 4.79 Å². The lowest BCUT2D eigenvalue weighted by atomic mass is 10.1. The van der Waals surface area contributed by atoms with E-state index in [2.05, 4.69) is 24.3 Å². The number of fused-ring (bicyclic) bond motifs is 2. The third kappa shape index (κ3) is 2.11. The van der Waals surface area contributed by atoms with Gasteiger partial charge in [0.15, 0.2) is 4.96 Å². The summed E-state index contributed by atoms with van der Waals surface area (Å²) in [6, 6.07) is 0. The Morgan fingerprint density at radius 2 is 2.32 bits per heavy atom. The highest BCUT2D eigenvalue weighted by Crippen LogP contribution is 2.21. The summed E-state index contributed by atoms with van der Waals surface area (Å²) in [6.45, 7) is 4.25. The molecule has 3 aromatic rings. The van der Waals surface area contributed by atoms with E-state index in [4.69, 9.17) is 5.73 Å². The number of hydrogen-bond donors (Lipinski definition) is 2. The highest BCUT2D eigenvalue weighted by molar-refractivity contribution is 7.15. The minimum atomic E-state index is -0.127. The first-order valence-electron chi connectivity index (χ1n) is 7.13. The molecule has 22 heavy (non-hydrogen) atoms. The van der Waals surface area contributed by atoms with E-state index in [1.807, 2.05) is 18.5 Å². The zero-order chi connectivity index (χ0) is 15.3. The molecule has 0 amide bonds. The number of thiazole rings is 1. The van der Waals surface area contributed by atoms with E-state index in [0.29, 0.717) is 6.54 Å². The van der Waals surface area contributed by atoms with Gasteiger partial charge in [-0.3, -0.25) is 19.1 Å². The lowest BCUT2D eigenvalue weighted by Crippen LogP contribution is -2.36. The molecule has 4 rings (SSSR count). The second-order valence-electron chi connectivity index (χ2n) is 5.54. The molecule has 0 bridgehead atoms. The molecule has 1 aliphatic rings. The number of nitrogens with two attached hydrogens (primary N) is 1. The van der Waals surface area contributed by atoms with Gasteiger partial charge in [-0.2, -0.15) is 0 Å². The van der Waals surface area contributed by atoms with Gasteiger partial charge in [-0.15, -0.1) is 11.3 Å². The van der Waals surface area contributed by atoms with Crippen molar-refractivity contribution in [3.8, 4) is 0 Å². The van der Waals surface area contributed by atoms with Crippen molar-refractivity contribution < 1.29 is 0 Å². The molecule has 3 N–H and O–H groups in total. The van der Waals surface area contributed by atoms with Crippen LogP contribution in [0, 0.1) is 6.92 Å². The van der Waals surface area contributed by atoms with Gasteiger partial charge in [0.25, 0.3) is 5.56 Å². The van der Waals surface area contributed by atoms with Gasteiger partial charge in [0.2, 0.25) is 5.95 Å². The summed E-state index contributed by atoms with van der Waals surface area (Å²) in [5.74, 6) is 0.198. The Kier molecular flexibility index (Phi) is 3.02. The molecule has 0 aromatic carbocycles. The van der Waals surface area contributed by atoms with Crippen LogP contribution in [0.15, 0.2) is 16.4 Å². The van der Waals surface area contributed by atoms with Crippen LogP contribution in [0.2, 0.25) is 0 Å². The molecule has 7 nitrogen and oxygen atoms in total. The van der Waals surface area contributed by atoms with Crippen LogP contribution in [0.1, 0.15) is 22.6 Å². The van der Waals surface area contributed by atoms with E-state index < -0.39 is 0 Å². The van der Waals surface area contributed by atoms with Crippen LogP contribution in [-0.2, 0) is 19.5 Å². The van der Waals surface area contributed by atoms with E-state index in [-0.39, 0.29) is 11.5 Å². The molecule has 0 spiro atoms. The Morgan fingerprint density at radius 3 is 3.18 bits per heavy atom. The zero-order valence-corrected chi connectivity index (χ0v) is 13.0. The fourth-order valence-electron chi connectivity index (χ4n) is 2.98. The first kappa shape index (κ1) is 13.5. The average Bonchev–Trinajstić information content (AvgIpc) is 3.02. The smallest absolute Gasteiger partial charge is 0.257 e. The van der Waals surface area contributed by atoms with Crippen molar-refractivity contribution in [1.29, 1.82) is 0 Å². The number of nitrogens with zero attached hydrogens (tertiary/aromatic N) is 4. The fourth-order valence-corrected chi connectivity index (χ4v) is 3.76. The molecule has 0 radical (unpaired) electrons. The second-order valence-corrected chi connectivity index (χ2v) is 6.41. The van der Waals surface area contributed by atoms with E-state index >= 15 is 0 Å². The Morgan fingerprint density at radius 1 is 1.45 bits per heavy atom. The summed E-state index contributed by atoms with van der Waals surface area (Å²) in [5, 5.41) is 2.04. The van der Waals surface area contributed by atoms with E-state index in [1.54, 1.807) is 11.3 Å². The number of aromatic amines is 1. The lowest BCUT2D eigenvalue weighted by molar-refractivity contribution is 0.238. The Balaban J connectivity index is 1.64. The van der Waals surface area contributed by atoms with Gasteiger partial charge in [0.1, 0.15) is 0 Å². The molecule has 0 fully saturated rings. The maximum atomic E-state index is 12.1. The molecule has 0 aliphatic carbocycles. The number of nitrogen functional groups attached to an aromatic ring is 1. The summed E-state index contributed by atoms with van der Waals surface area (Å²) in [7, 11) is 0. The third-order valence-electron chi connectivity index (χ3n) is 4.10. The topological polar surface area (TPSA) is 92.3 Å². The maximum Gasteiger partial charge on any atom is 0.257 e. The summed E-state index contributed by atoms with van der Waals surface area (Å²) < 4.78 is 2.13. The Hall–Kier alpha value is -2.19. The molecule has 0 saturated heterocycles. The third-order valence-corrected chi connectivity index (χ3v) is 4.86. The molecular formula is C14H16N6OS. The number of nitrogens with one attached hydrogen (secondary N) is 1. The van der Waals surface area contributed by atoms with Crippen LogP contribution in [0.25, 0.3) is 4.96 Å². The summed E-state index contributed by atoms with van der Waals surface area (Å²) in [6.07, 6.45) is 2.79. The summed E-state index contributed by atoms with van der Waals surface area (Å²) in [5.41, 5.74) is 9.25. The minimum Gasteiger partial charge on any atom is -0.369 e. The van der Waals surface area contributed by atoms with Crippen LogP contribution in [-0.4, -0.2) is 30.8 Å². The van der Waals surface area contributed by atoms with Crippen molar-refractivity contribution >= 4 is 22.2 Å². The molecule has 4 heterocycles. The van der Waals surface area contributed by atoms with Crippen molar-refractivity contribution in [2.45, 2.75) is 26.4 Å². The average molecular weight is 316 g/mol. The van der Waals surface area contributed by atoms with Crippen LogP contribution >= 0.6 is 11.3 Å². The molecule has 3 aromatic heterocycles. The van der Waals surface area contributed by atoms with Crippen molar-refractivity contribution in [1.82, 2.24) is 24.3 Å². The van der Waals surface area contributed by atoms with Gasteiger partial charge in [-0.05, 0) is 6.92 Å². The molecule has 0 saturated carbocycles. The standard InChI is InChI=1S/C14H16N6OS/c1-8-11(20-4-5-22-14(20)16-8)7-19-3-2-10-9(6-19)12(21)18-13(15)17-10/h4-5H,2-3,6-7H2,1H3,(H3,15,17,18,21). The van der Waals surface area contributed by atoms with Crippen LogP contribution in [0.3, 0.4) is 0 Å². The molecule has 0 unspecified atom stereocenters. The first-order valence-corrected chi connectivity index (χ1v) is 8.00. The SMILES string of the molecule is Cc1nc2sccn2c1CN1CCc2nc(N)[nH]c(=O)c2C1. The van der Waals surface area contributed by atoms with E-state index in [0.717, 1.165) is 41.4 Å². The van der Waals surface area contributed by atoms with Gasteiger partial charge < -0.3 is 5.73 Å². The number of anilines is 1. The predicted molar refractivity (Wildman–Crippen MR) is 84.9 cm³/mol. The number of imidazole rings is 1. The highest BCUT2D eigenvalue weighted by Gasteiger charge is 2.22. The van der Waals surface area contributed by atoms with Crippen LogP contribution < -0.4 is 11.3 Å². The van der Waals surface area contributed by atoms with Crippen molar-refractivity contribution in [2.75, 3.05) is 12.3 Å². The number of rotatable bonds is 2. The van der Waals surface area contributed by atoms with Gasteiger partial charge in [-0.25, -0.2) is 9.97 Å². The number of hydrogen-bond acceptors (Lipinski definition) is 6. The molecule has 1 aliphatic heterocycles. The highest BCUT2D eigenvalue weighted by atomic mass is 32.1. The number of aromatic nitrogens is 4.